The fraction of sp³-hybridized carbons (Fsp3) is 0.478. The van der Waals surface area contributed by atoms with E-state index in [2.05, 4.69) is 66.4 Å². The van der Waals surface area contributed by atoms with Crippen molar-refractivity contribution in [3.63, 3.8) is 0 Å². The van der Waals surface area contributed by atoms with E-state index in [0.29, 0.717) is 65.7 Å². The van der Waals surface area contributed by atoms with Crippen molar-refractivity contribution in [2.24, 2.45) is 0 Å². The van der Waals surface area contributed by atoms with Gasteiger partial charge in [0.25, 0.3) is 0 Å². The van der Waals surface area contributed by atoms with Crippen molar-refractivity contribution in [1.82, 2.24) is 30.2 Å². The van der Waals surface area contributed by atoms with Crippen LogP contribution in [0.4, 0.5) is 0 Å². The summed E-state index contributed by atoms with van der Waals surface area (Å²) in [6, 6.07) is 16.3. The average Bonchev–Trinajstić information content (AvgIpc) is 4.08. The Morgan fingerprint density at radius 2 is 1.73 bits per heavy atom. The van der Waals surface area contributed by atoms with E-state index in [1.807, 2.05) is 39.7 Å². The summed E-state index contributed by atoms with van der Waals surface area (Å²) in [5.41, 5.74) is 1.63. The number of nitrogens with zero attached hydrogens (tertiary/aromatic N) is 4. The summed E-state index contributed by atoms with van der Waals surface area (Å²) >= 11 is 2.70. The third kappa shape index (κ3) is 9.32. The van der Waals surface area contributed by atoms with Crippen LogP contribution in [0.1, 0.15) is 79.9 Å². The molecule has 2 aliphatic rings. The van der Waals surface area contributed by atoms with Crippen molar-refractivity contribution in [2.45, 2.75) is 108 Å². The van der Waals surface area contributed by atoms with Gasteiger partial charge in [-0.05, 0) is 110 Å². The number of hydrogen-bond donors (Lipinski definition) is 4. The van der Waals surface area contributed by atoms with Crippen molar-refractivity contribution < 1.29 is 33.6 Å². The predicted octanol–water partition coefficient (Wildman–Crippen LogP) is 7.84. The number of aromatic amines is 1. The molecule has 14 nitrogen and oxygen atoms in total. The molecule has 1 aliphatic heterocycles. The van der Waals surface area contributed by atoms with E-state index in [9.17, 15) is 19.8 Å². The lowest BCUT2D eigenvalue weighted by Gasteiger charge is -2.39. The molecule has 1 saturated carbocycles. The van der Waals surface area contributed by atoms with Gasteiger partial charge in [0.1, 0.15) is 36.1 Å². The number of carbonyl (C=O) groups is 1. The van der Waals surface area contributed by atoms with Crippen LogP contribution in [0.2, 0.25) is 18.1 Å². The molecule has 17 heteroatoms. The van der Waals surface area contributed by atoms with Gasteiger partial charge in [0.15, 0.2) is 19.8 Å². The van der Waals surface area contributed by atoms with E-state index < -0.39 is 19.9 Å². The first kappa shape index (κ1) is 45.0. The standard InChI is InChI=1S/C46H58N6O8S2Si/c1-45(2,3)63(5,6)60-36(32-16-18-35(53)40-33(32)17-19-39(54)48-40)28-47-27-29-26-34-41(43-42(29)57-22-23-58-43)52(50-49-34)21-9-20-51(4)30-12-14-31(15-13-30)59-44(55)46(56,37-10-7-24-61-37)38-11-8-25-62-38/h7-8,10-11,16-19,24-26,30-31,36,47,53,56H,9,12-15,20-23,27-28H2,1-6H3,(H,48,54)/t30?,31?,36-/m0/s1. The Bertz CT molecular complexity index is 2550. The van der Waals surface area contributed by atoms with Gasteiger partial charge in [-0.15, -0.1) is 27.8 Å². The van der Waals surface area contributed by atoms with Crippen LogP contribution in [0.15, 0.2) is 70.2 Å². The second-order valence-corrected chi connectivity index (χ2v) is 24.8. The lowest BCUT2D eigenvalue weighted by molar-refractivity contribution is -0.169. The first-order valence-electron chi connectivity index (χ1n) is 21.7. The number of benzene rings is 2. The largest absolute Gasteiger partial charge is 0.506 e. The molecular formula is C46H58N6O8S2Si. The molecule has 0 spiro atoms. The summed E-state index contributed by atoms with van der Waals surface area (Å²) < 4.78 is 27.5. The molecule has 0 saturated heterocycles. The number of H-pyrrole nitrogens is 1. The van der Waals surface area contributed by atoms with E-state index in [4.69, 9.17) is 18.6 Å². The van der Waals surface area contributed by atoms with Gasteiger partial charge >= 0.3 is 5.97 Å². The lowest BCUT2D eigenvalue weighted by atomic mass is 9.91. The number of carbonyl (C=O) groups excluding carboxylic acids is 1. The molecule has 0 radical (unpaired) electrons. The Hall–Kier alpha value is -4.62. The van der Waals surface area contributed by atoms with Gasteiger partial charge in [0, 0.05) is 42.7 Å². The third-order valence-corrected chi connectivity index (χ3v) is 19.4. The van der Waals surface area contributed by atoms with E-state index in [1.165, 1.54) is 28.7 Å². The number of rotatable bonds is 16. The molecule has 0 bridgehead atoms. The highest BCUT2D eigenvalue weighted by Gasteiger charge is 2.45. The van der Waals surface area contributed by atoms with Crippen LogP contribution in [0.25, 0.3) is 21.9 Å². The number of pyridine rings is 1. The molecule has 1 atom stereocenters. The Balaban J connectivity index is 0.899. The number of phenolic OH excluding ortho intramolecular Hbond substituents is 1. The first-order chi connectivity index (χ1) is 30.1. The zero-order valence-corrected chi connectivity index (χ0v) is 39.4. The molecule has 63 heavy (non-hydrogen) atoms. The highest BCUT2D eigenvalue weighted by Crippen LogP contribution is 2.43. The molecule has 0 amide bonds. The normalized spacial score (nSPS) is 17.7. The van der Waals surface area contributed by atoms with Gasteiger partial charge < -0.3 is 44.1 Å². The number of aromatic nitrogens is 4. The highest BCUT2D eigenvalue weighted by atomic mass is 32.1. The zero-order chi connectivity index (χ0) is 44.5. The summed E-state index contributed by atoms with van der Waals surface area (Å²) in [5.74, 6) is 0.731. The number of nitrogens with one attached hydrogen (secondary N) is 2. The Morgan fingerprint density at radius 3 is 2.40 bits per heavy atom. The second kappa shape index (κ2) is 18.5. The van der Waals surface area contributed by atoms with Crippen LogP contribution in [0, 0.1) is 0 Å². The molecule has 1 aliphatic carbocycles. The predicted molar refractivity (Wildman–Crippen MR) is 249 cm³/mol. The Labute approximate surface area is 376 Å². The molecule has 4 aromatic heterocycles. The molecule has 1 fully saturated rings. The number of phenols is 1. The number of aromatic hydroxyl groups is 1. The van der Waals surface area contributed by atoms with Gasteiger partial charge in [0.2, 0.25) is 11.2 Å². The number of aliphatic hydroxyl groups is 1. The summed E-state index contributed by atoms with van der Waals surface area (Å²) in [4.78, 5) is 32.0. The van der Waals surface area contributed by atoms with Crippen molar-refractivity contribution in [2.75, 3.05) is 33.4 Å². The molecule has 8 rings (SSSR count). The number of thiophene rings is 2. The number of aryl methyl sites for hydroxylation is 1. The van der Waals surface area contributed by atoms with Crippen LogP contribution in [0.3, 0.4) is 0 Å². The molecule has 336 valence electrons. The minimum atomic E-state index is -2.27. The summed E-state index contributed by atoms with van der Waals surface area (Å²) in [7, 11) is -0.127. The van der Waals surface area contributed by atoms with Gasteiger partial charge in [-0.2, -0.15) is 0 Å². The molecule has 4 N–H and O–H groups in total. The fourth-order valence-electron chi connectivity index (χ4n) is 8.42. The van der Waals surface area contributed by atoms with Crippen LogP contribution >= 0.6 is 22.7 Å². The Kier molecular flexibility index (Phi) is 13.2. The maximum absolute atomic E-state index is 13.5. The summed E-state index contributed by atoms with van der Waals surface area (Å²) in [5, 5.41) is 39.5. The topological polar surface area (TPSA) is 173 Å². The highest BCUT2D eigenvalue weighted by molar-refractivity contribution is 7.12. The summed E-state index contributed by atoms with van der Waals surface area (Å²) in [6.45, 7) is 14.3. The van der Waals surface area contributed by atoms with Gasteiger partial charge in [-0.3, -0.25) is 4.79 Å². The number of fused-ring (bicyclic) bond motifs is 4. The maximum atomic E-state index is 13.5. The summed E-state index contributed by atoms with van der Waals surface area (Å²) in [6.07, 6.45) is 3.48. The van der Waals surface area contributed by atoms with E-state index in [0.717, 1.165) is 66.2 Å². The third-order valence-electron chi connectivity index (χ3n) is 13.0. The maximum Gasteiger partial charge on any atom is 0.349 e. The van der Waals surface area contributed by atoms with E-state index in [-0.39, 0.29) is 28.6 Å². The number of ether oxygens (including phenoxy) is 3. The number of hydrogen-bond acceptors (Lipinski definition) is 14. The van der Waals surface area contributed by atoms with E-state index in [1.54, 1.807) is 24.3 Å². The van der Waals surface area contributed by atoms with Crippen molar-refractivity contribution in [1.29, 1.82) is 0 Å². The SMILES string of the molecule is CN(CCCn1nnc2cc(CNC[C@H](O[Si](C)(C)C(C)(C)C)c3ccc(O)c4[nH]c(=O)ccc34)c3c(c21)OCCO3)C1CCC(OC(=O)C(O)(c2cccs2)c2cccs2)CC1. The monoisotopic (exact) mass is 914 g/mol. The number of esters is 1. The lowest BCUT2D eigenvalue weighted by Crippen LogP contribution is -2.43. The van der Waals surface area contributed by atoms with Crippen LogP contribution in [0.5, 0.6) is 17.2 Å². The van der Waals surface area contributed by atoms with Crippen LogP contribution in [-0.2, 0) is 32.6 Å². The minimum absolute atomic E-state index is 0.0119. The molecular weight excluding hydrogens is 857 g/mol. The van der Waals surface area contributed by atoms with Gasteiger partial charge in [-0.1, -0.05) is 44.2 Å². The van der Waals surface area contributed by atoms with Crippen molar-refractivity contribution in [3.05, 3.63) is 96.6 Å². The van der Waals surface area contributed by atoms with Crippen molar-refractivity contribution in [3.8, 4) is 17.2 Å². The second-order valence-electron chi connectivity index (χ2n) is 18.2. The van der Waals surface area contributed by atoms with E-state index >= 15 is 0 Å². The van der Waals surface area contributed by atoms with Crippen molar-refractivity contribution >= 4 is 58.9 Å². The Morgan fingerprint density at radius 1 is 1.03 bits per heavy atom. The minimum Gasteiger partial charge on any atom is -0.506 e. The molecule has 0 unspecified atom stereocenters. The van der Waals surface area contributed by atoms with Crippen LogP contribution < -0.4 is 20.3 Å². The van der Waals surface area contributed by atoms with Gasteiger partial charge in [-0.25, -0.2) is 9.48 Å². The molecule has 6 aromatic rings. The fourth-order valence-corrected chi connectivity index (χ4v) is 11.4. The molecule has 5 heterocycles. The quantitative estimate of drug-likeness (QED) is 0.0549. The zero-order valence-electron chi connectivity index (χ0n) is 36.8. The first-order valence-corrected chi connectivity index (χ1v) is 26.4. The smallest absolute Gasteiger partial charge is 0.349 e. The average molecular weight is 915 g/mol. The van der Waals surface area contributed by atoms with Crippen LogP contribution in [-0.4, -0.2) is 94.9 Å². The molecule has 2 aromatic carbocycles. The van der Waals surface area contributed by atoms with Gasteiger partial charge in [0.05, 0.1) is 21.4 Å².